The summed E-state index contributed by atoms with van der Waals surface area (Å²) in [6.07, 6.45) is 3.61. The average Bonchev–Trinajstić information content (AvgIpc) is 2.19. The van der Waals surface area contributed by atoms with E-state index >= 15 is 0 Å². The Bertz CT molecular complexity index is 243. The van der Waals surface area contributed by atoms with Crippen LogP contribution < -0.4 is 5.32 Å². The number of para-hydroxylation sites is 1. The molecule has 0 fully saturated rings. The summed E-state index contributed by atoms with van der Waals surface area (Å²) in [5, 5.41) is 3.47. The predicted octanol–water partition coefficient (Wildman–Crippen LogP) is 3.46. The van der Waals surface area contributed by atoms with Crippen molar-refractivity contribution < 1.29 is 0 Å². The van der Waals surface area contributed by atoms with Gasteiger partial charge in [0, 0.05) is 12.2 Å². The van der Waals surface area contributed by atoms with Gasteiger partial charge in [0.1, 0.15) is 0 Å². The Kier molecular flexibility index (Phi) is 4.37. The molecule has 1 heteroatoms. The molecule has 0 unspecified atom stereocenters. The third kappa shape index (κ3) is 3.10. The lowest BCUT2D eigenvalue weighted by atomic mass is 10.1. The SMILES string of the molecule is CCCCNc1ccccc1CC. The Balaban J connectivity index is 2.54. The molecule has 0 saturated carbocycles. The summed E-state index contributed by atoms with van der Waals surface area (Å²) in [4.78, 5) is 0. The molecule has 0 aromatic heterocycles. The van der Waals surface area contributed by atoms with Gasteiger partial charge in [-0.1, -0.05) is 38.5 Å². The zero-order valence-electron chi connectivity index (χ0n) is 8.64. The fourth-order valence-corrected chi connectivity index (χ4v) is 1.40. The minimum atomic E-state index is 1.09. The number of hydrogen-bond acceptors (Lipinski definition) is 1. The lowest BCUT2D eigenvalue weighted by Gasteiger charge is -2.09. The summed E-state index contributed by atoms with van der Waals surface area (Å²) in [6.45, 7) is 5.50. The fourth-order valence-electron chi connectivity index (χ4n) is 1.40. The maximum absolute atomic E-state index is 3.47. The zero-order chi connectivity index (χ0) is 9.52. The predicted molar refractivity (Wildman–Crippen MR) is 59.2 cm³/mol. The molecule has 1 aromatic rings. The third-order valence-electron chi connectivity index (χ3n) is 2.24. The van der Waals surface area contributed by atoms with Crippen LogP contribution in [0.2, 0.25) is 0 Å². The van der Waals surface area contributed by atoms with Crippen molar-refractivity contribution in [3.63, 3.8) is 0 Å². The largest absolute Gasteiger partial charge is 0.385 e. The van der Waals surface area contributed by atoms with Gasteiger partial charge in [0.05, 0.1) is 0 Å². The molecule has 13 heavy (non-hydrogen) atoms. The van der Waals surface area contributed by atoms with Crippen LogP contribution in [0.3, 0.4) is 0 Å². The first-order valence-electron chi connectivity index (χ1n) is 5.20. The summed E-state index contributed by atoms with van der Waals surface area (Å²) in [7, 11) is 0. The molecule has 1 nitrogen and oxygen atoms in total. The maximum atomic E-state index is 3.47. The van der Waals surface area contributed by atoms with Crippen LogP contribution in [0.25, 0.3) is 0 Å². The second-order valence-electron chi connectivity index (χ2n) is 3.29. The molecule has 1 rings (SSSR count). The number of hydrogen-bond donors (Lipinski definition) is 1. The van der Waals surface area contributed by atoms with Gasteiger partial charge >= 0.3 is 0 Å². The standard InChI is InChI=1S/C12H19N/c1-3-5-10-13-12-9-7-6-8-11(12)4-2/h6-9,13H,3-5,10H2,1-2H3. The van der Waals surface area contributed by atoms with Gasteiger partial charge in [-0.2, -0.15) is 0 Å². The Morgan fingerprint density at radius 3 is 2.62 bits per heavy atom. The summed E-state index contributed by atoms with van der Waals surface area (Å²) < 4.78 is 0. The molecule has 0 aliphatic heterocycles. The van der Waals surface area contributed by atoms with Crippen molar-refractivity contribution in [3.8, 4) is 0 Å². The smallest absolute Gasteiger partial charge is 0.0372 e. The van der Waals surface area contributed by atoms with Gasteiger partial charge in [0.2, 0.25) is 0 Å². The van der Waals surface area contributed by atoms with E-state index in [9.17, 15) is 0 Å². The molecule has 1 aromatic carbocycles. The fraction of sp³-hybridized carbons (Fsp3) is 0.500. The number of benzene rings is 1. The van der Waals surface area contributed by atoms with Crippen molar-refractivity contribution in [3.05, 3.63) is 29.8 Å². The minimum absolute atomic E-state index is 1.09. The molecule has 0 aliphatic rings. The quantitative estimate of drug-likeness (QED) is 0.679. The normalized spacial score (nSPS) is 10.0. The highest BCUT2D eigenvalue weighted by atomic mass is 14.9. The average molecular weight is 177 g/mol. The minimum Gasteiger partial charge on any atom is -0.385 e. The maximum Gasteiger partial charge on any atom is 0.0372 e. The highest BCUT2D eigenvalue weighted by Crippen LogP contribution is 2.15. The van der Waals surface area contributed by atoms with Crippen molar-refractivity contribution in [2.75, 3.05) is 11.9 Å². The molecule has 1 N–H and O–H groups in total. The van der Waals surface area contributed by atoms with Gasteiger partial charge in [-0.25, -0.2) is 0 Å². The summed E-state index contributed by atoms with van der Waals surface area (Å²) >= 11 is 0. The number of aryl methyl sites for hydroxylation is 1. The molecule has 0 radical (unpaired) electrons. The van der Waals surface area contributed by atoms with Gasteiger partial charge in [-0.3, -0.25) is 0 Å². The lowest BCUT2D eigenvalue weighted by Crippen LogP contribution is -2.03. The van der Waals surface area contributed by atoms with Crippen LogP contribution in [-0.2, 0) is 6.42 Å². The lowest BCUT2D eigenvalue weighted by molar-refractivity contribution is 0.833. The molecule has 0 amide bonds. The van der Waals surface area contributed by atoms with E-state index in [1.54, 1.807) is 0 Å². The molecular weight excluding hydrogens is 158 g/mol. The summed E-state index contributed by atoms with van der Waals surface area (Å²) in [6, 6.07) is 8.54. The number of unbranched alkanes of at least 4 members (excludes halogenated alkanes) is 1. The van der Waals surface area contributed by atoms with E-state index < -0.39 is 0 Å². The Hall–Kier alpha value is -0.980. The van der Waals surface area contributed by atoms with Gasteiger partial charge in [0.15, 0.2) is 0 Å². The molecule has 0 heterocycles. The van der Waals surface area contributed by atoms with Gasteiger partial charge in [-0.15, -0.1) is 0 Å². The van der Waals surface area contributed by atoms with Crippen LogP contribution in [0, 0.1) is 0 Å². The molecule has 0 saturated heterocycles. The monoisotopic (exact) mass is 177 g/mol. The topological polar surface area (TPSA) is 12.0 Å². The van der Waals surface area contributed by atoms with Crippen LogP contribution in [0.1, 0.15) is 32.3 Å². The molecule has 0 spiro atoms. The van der Waals surface area contributed by atoms with Crippen LogP contribution >= 0.6 is 0 Å². The van der Waals surface area contributed by atoms with Crippen LogP contribution in [0.5, 0.6) is 0 Å². The Labute approximate surface area is 81.2 Å². The third-order valence-corrected chi connectivity index (χ3v) is 2.24. The summed E-state index contributed by atoms with van der Waals surface area (Å²) in [5.74, 6) is 0. The van der Waals surface area contributed by atoms with E-state index in [1.807, 2.05) is 0 Å². The van der Waals surface area contributed by atoms with Crippen molar-refractivity contribution in [1.29, 1.82) is 0 Å². The van der Waals surface area contributed by atoms with Crippen molar-refractivity contribution in [2.45, 2.75) is 33.1 Å². The molecule has 72 valence electrons. The van der Waals surface area contributed by atoms with E-state index in [-0.39, 0.29) is 0 Å². The van der Waals surface area contributed by atoms with Crippen LogP contribution in [-0.4, -0.2) is 6.54 Å². The number of rotatable bonds is 5. The molecule has 0 bridgehead atoms. The highest BCUT2D eigenvalue weighted by molar-refractivity contribution is 5.50. The van der Waals surface area contributed by atoms with Gasteiger partial charge < -0.3 is 5.32 Å². The number of nitrogens with one attached hydrogen (secondary N) is 1. The van der Waals surface area contributed by atoms with Crippen molar-refractivity contribution >= 4 is 5.69 Å². The molecule has 0 atom stereocenters. The van der Waals surface area contributed by atoms with Crippen molar-refractivity contribution in [2.24, 2.45) is 0 Å². The summed E-state index contributed by atoms with van der Waals surface area (Å²) in [5.41, 5.74) is 2.72. The highest BCUT2D eigenvalue weighted by Gasteiger charge is 1.96. The molecular formula is C12H19N. The van der Waals surface area contributed by atoms with Crippen LogP contribution in [0.4, 0.5) is 5.69 Å². The van der Waals surface area contributed by atoms with E-state index in [0.29, 0.717) is 0 Å². The second kappa shape index (κ2) is 5.63. The number of anilines is 1. The second-order valence-corrected chi connectivity index (χ2v) is 3.29. The molecule has 0 aliphatic carbocycles. The van der Waals surface area contributed by atoms with E-state index in [1.165, 1.54) is 24.1 Å². The van der Waals surface area contributed by atoms with E-state index in [4.69, 9.17) is 0 Å². The van der Waals surface area contributed by atoms with E-state index in [0.717, 1.165) is 13.0 Å². The zero-order valence-corrected chi connectivity index (χ0v) is 8.64. The Morgan fingerprint density at radius 1 is 1.15 bits per heavy atom. The van der Waals surface area contributed by atoms with Gasteiger partial charge in [0.25, 0.3) is 0 Å². The van der Waals surface area contributed by atoms with Crippen LogP contribution in [0.15, 0.2) is 24.3 Å². The first kappa shape index (κ1) is 10.1. The van der Waals surface area contributed by atoms with Crippen molar-refractivity contribution in [1.82, 2.24) is 0 Å². The Morgan fingerprint density at radius 2 is 1.92 bits per heavy atom. The van der Waals surface area contributed by atoms with Gasteiger partial charge in [-0.05, 0) is 24.5 Å². The first-order valence-corrected chi connectivity index (χ1v) is 5.20. The van der Waals surface area contributed by atoms with E-state index in [2.05, 4.69) is 43.4 Å². The first-order chi connectivity index (χ1) is 6.38.